The zero-order valence-corrected chi connectivity index (χ0v) is 14.6. The minimum atomic E-state index is -3.17. The van der Waals surface area contributed by atoms with E-state index in [1.807, 2.05) is 0 Å². The fourth-order valence-electron chi connectivity index (χ4n) is 1.74. The van der Waals surface area contributed by atoms with E-state index in [2.05, 4.69) is 15.9 Å². The number of methoxy groups -OCH3 is 2. The second kappa shape index (κ2) is 8.03. The van der Waals surface area contributed by atoms with Gasteiger partial charge in [-0.1, -0.05) is 0 Å². The van der Waals surface area contributed by atoms with E-state index in [1.165, 1.54) is 0 Å². The molecule has 0 atom stereocenters. The lowest BCUT2D eigenvalue weighted by Gasteiger charge is -2.19. The van der Waals surface area contributed by atoms with Crippen LogP contribution in [0.3, 0.4) is 0 Å². The average molecular weight is 367 g/mol. The molecule has 1 aromatic rings. The maximum absolute atomic E-state index is 12.6. The third kappa shape index (κ3) is 4.48. The maximum atomic E-state index is 12.6. The van der Waals surface area contributed by atoms with E-state index in [0.717, 1.165) is 10.0 Å². The molecular weight excluding hydrogens is 347 g/mol. The van der Waals surface area contributed by atoms with Gasteiger partial charge in [0.25, 0.3) is 0 Å². The predicted octanol–water partition coefficient (Wildman–Crippen LogP) is 4.23. The fourth-order valence-corrected chi connectivity index (χ4v) is 4.20. The van der Waals surface area contributed by atoms with Crippen LogP contribution < -0.4 is 9.47 Å². The van der Waals surface area contributed by atoms with Crippen LogP contribution in [0.4, 0.5) is 0 Å². The molecule has 7 heteroatoms. The molecule has 0 N–H and O–H groups in total. The lowest BCUT2D eigenvalue weighted by atomic mass is 10.2. The molecule has 0 fully saturated rings. The normalized spacial score (nSPS) is 11.4. The van der Waals surface area contributed by atoms with E-state index in [-0.39, 0.29) is 6.16 Å². The number of hydrogen-bond acceptors (Lipinski definition) is 5. The summed E-state index contributed by atoms with van der Waals surface area (Å²) in [4.78, 5) is 0. The van der Waals surface area contributed by atoms with Crippen molar-refractivity contribution in [2.45, 2.75) is 20.0 Å². The highest BCUT2D eigenvalue weighted by molar-refractivity contribution is 9.10. The van der Waals surface area contributed by atoms with Crippen molar-refractivity contribution >= 4 is 23.5 Å². The summed E-state index contributed by atoms with van der Waals surface area (Å²) in [5.41, 5.74) is 0.756. The van der Waals surface area contributed by atoms with Gasteiger partial charge in [-0.25, -0.2) is 0 Å². The third-order valence-corrected chi connectivity index (χ3v) is 5.49. The number of benzene rings is 1. The van der Waals surface area contributed by atoms with Gasteiger partial charge in [-0.3, -0.25) is 4.57 Å². The van der Waals surface area contributed by atoms with Crippen LogP contribution in [0.5, 0.6) is 11.5 Å². The molecule has 114 valence electrons. The summed E-state index contributed by atoms with van der Waals surface area (Å²) in [5.74, 6) is 1.23. The van der Waals surface area contributed by atoms with Gasteiger partial charge in [-0.05, 0) is 41.4 Å². The highest BCUT2D eigenvalue weighted by atomic mass is 79.9. The minimum absolute atomic E-state index is 0.156. The van der Waals surface area contributed by atoms with Gasteiger partial charge in [0.05, 0.1) is 38.1 Å². The van der Waals surface area contributed by atoms with Gasteiger partial charge >= 0.3 is 7.60 Å². The molecule has 0 amide bonds. The molecule has 0 radical (unpaired) electrons. The van der Waals surface area contributed by atoms with Crippen LogP contribution in [-0.2, 0) is 19.8 Å². The van der Waals surface area contributed by atoms with E-state index in [4.69, 9.17) is 18.5 Å². The molecule has 0 saturated heterocycles. The summed E-state index contributed by atoms with van der Waals surface area (Å²) in [6, 6.07) is 3.54. The zero-order chi connectivity index (χ0) is 15.2. The monoisotopic (exact) mass is 366 g/mol. The molecule has 1 rings (SSSR count). The van der Waals surface area contributed by atoms with Crippen molar-refractivity contribution in [1.29, 1.82) is 0 Å². The first kappa shape index (κ1) is 17.5. The molecule has 0 unspecified atom stereocenters. The summed E-state index contributed by atoms with van der Waals surface area (Å²) in [6.45, 7) is 4.23. The van der Waals surface area contributed by atoms with Gasteiger partial charge in [0.1, 0.15) is 11.5 Å². The van der Waals surface area contributed by atoms with Crippen LogP contribution in [0.2, 0.25) is 0 Å². The van der Waals surface area contributed by atoms with Gasteiger partial charge in [0, 0.05) is 6.07 Å². The molecule has 5 nitrogen and oxygen atoms in total. The van der Waals surface area contributed by atoms with Crippen LogP contribution in [0.15, 0.2) is 16.6 Å². The summed E-state index contributed by atoms with van der Waals surface area (Å²) < 4.78 is 34.4. The Morgan fingerprint density at radius 3 is 2.15 bits per heavy atom. The molecule has 0 saturated carbocycles. The van der Waals surface area contributed by atoms with Gasteiger partial charge in [0.2, 0.25) is 0 Å². The summed E-state index contributed by atoms with van der Waals surface area (Å²) >= 11 is 3.45. The van der Waals surface area contributed by atoms with Crippen molar-refractivity contribution in [3.05, 3.63) is 22.2 Å². The minimum Gasteiger partial charge on any atom is -0.497 e. The summed E-state index contributed by atoms with van der Waals surface area (Å²) in [6.07, 6.45) is 0.156. The Hall–Kier alpha value is -0.550. The Kier molecular flexibility index (Phi) is 7.03. The van der Waals surface area contributed by atoms with E-state index < -0.39 is 7.60 Å². The SMILES string of the molecule is CCOP(=O)(Cc1cc(OC)cc(OC)c1Br)OCC. The highest BCUT2D eigenvalue weighted by Crippen LogP contribution is 2.53. The van der Waals surface area contributed by atoms with Crippen molar-refractivity contribution in [1.82, 2.24) is 0 Å². The first-order valence-electron chi connectivity index (χ1n) is 6.28. The Bertz CT molecular complexity index is 482. The van der Waals surface area contributed by atoms with Crippen molar-refractivity contribution in [2.75, 3.05) is 27.4 Å². The molecule has 0 aliphatic rings. The van der Waals surface area contributed by atoms with Crippen LogP contribution in [0.1, 0.15) is 19.4 Å². The number of halogens is 1. The van der Waals surface area contributed by atoms with Gasteiger partial charge in [-0.2, -0.15) is 0 Å². The van der Waals surface area contributed by atoms with Crippen molar-refractivity contribution < 1.29 is 23.1 Å². The van der Waals surface area contributed by atoms with Gasteiger partial charge in [0.15, 0.2) is 0 Å². The molecule has 0 spiro atoms. The molecule has 20 heavy (non-hydrogen) atoms. The Morgan fingerprint density at radius 1 is 1.10 bits per heavy atom. The molecule has 0 aliphatic heterocycles. The van der Waals surface area contributed by atoms with Crippen molar-refractivity contribution in [3.63, 3.8) is 0 Å². The Balaban J connectivity index is 3.14. The van der Waals surface area contributed by atoms with E-state index >= 15 is 0 Å². The predicted molar refractivity (Wildman–Crippen MR) is 81.8 cm³/mol. The van der Waals surface area contributed by atoms with Crippen LogP contribution in [-0.4, -0.2) is 27.4 Å². The quantitative estimate of drug-likeness (QED) is 0.644. The Labute approximate surface area is 128 Å². The third-order valence-electron chi connectivity index (χ3n) is 2.56. The second-order valence-electron chi connectivity index (χ2n) is 3.91. The zero-order valence-electron chi connectivity index (χ0n) is 12.1. The number of hydrogen-bond donors (Lipinski definition) is 0. The Morgan fingerprint density at radius 2 is 1.70 bits per heavy atom. The molecule has 1 aromatic carbocycles. The molecular formula is C13H20BrO5P. The molecule has 0 aromatic heterocycles. The lowest BCUT2D eigenvalue weighted by Crippen LogP contribution is -2.01. The average Bonchev–Trinajstić information content (AvgIpc) is 2.41. The smallest absolute Gasteiger partial charge is 0.335 e. The van der Waals surface area contributed by atoms with Crippen LogP contribution >= 0.6 is 23.5 Å². The van der Waals surface area contributed by atoms with Crippen LogP contribution in [0, 0.1) is 0 Å². The van der Waals surface area contributed by atoms with E-state index in [9.17, 15) is 4.57 Å². The second-order valence-corrected chi connectivity index (χ2v) is 6.75. The fraction of sp³-hybridized carbons (Fsp3) is 0.538. The van der Waals surface area contributed by atoms with E-state index in [1.54, 1.807) is 40.2 Å². The topological polar surface area (TPSA) is 54.0 Å². The number of ether oxygens (including phenoxy) is 2. The molecule has 0 bridgehead atoms. The van der Waals surface area contributed by atoms with Crippen LogP contribution in [0.25, 0.3) is 0 Å². The van der Waals surface area contributed by atoms with Crippen molar-refractivity contribution in [2.24, 2.45) is 0 Å². The molecule has 0 heterocycles. The first-order valence-corrected chi connectivity index (χ1v) is 8.80. The largest absolute Gasteiger partial charge is 0.497 e. The highest BCUT2D eigenvalue weighted by Gasteiger charge is 2.26. The maximum Gasteiger partial charge on any atom is 0.335 e. The summed E-state index contributed by atoms with van der Waals surface area (Å²) in [5, 5.41) is 0. The van der Waals surface area contributed by atoms with Gasteiger partial charge in [-0.15, -0.1) is 0 Å². The van der Waals surface area contributed by atoms with Gasteiger partial charge < -0.3 is 18.5 Å². The van der Waals surface area contributed by atoms with Crippen molar-refractivity contribution in [3.8, 4) is 11.5 Å². The summed E-state index contributed by atoms with van der Waals surface area (Å²) in [7, 11) is -0.0399. The standard InChI is InChI=1S/C13H20BrO5P/c1-5-18-20(15,19-6-2)9-10-7-11(16-3)8-12(17-4)13(10)14/h7-8H,5-6,9H2,1-4H3. The molecule has 0 aliphatic carbocycles. The lowest BCUT2D eigenvalue weighted by molar-refractivity contribution is 0.219. The first-order chi connectivity index (χ1) is 9.49. The number of rotatable bonds is 8. The van der Waals surface area contributed by atoms with E-state index in [0.29, 0.717) is 24.7 Å².